The highest BCUT2D eigenvalue weighted by Crippen LogP contribution is 2.28. The van der Waals surface area contributed by atoms with Crippen LogP contribution in [0, 0.1) is 488 Å². The van der Waals surface area contributed by atoms with Gasteiger partial charge in [0, 0.05) is 299 Å². The van der Waals surface area contributed by atoms with Crippen molar-refractivity contribution in [2.24, 2.45) is 0 Å². The molecule has 18 heteroatoms. The minimum Gasteiger partial charge on any atom is -0.492 e. The fraction of sp³-hybridized carbons (Fsp3) is 0.101. The number of carboxylic acids is 1. The zero-order valence-electron chi connectivity index (χ0n) is 76.9. The Hall–Kier alpha value is -25.1. The fourth-order valence-corrected chi connectivity index (χ4v) is 9.35. The maximum absolute atomic E-state index is 13.6. The van der Waals surface area contributed by atoms with E-state index in [1.54, 1.807) is 62.9 Å². The van der Waals surface area contributed by atoms with Gasteiger partial charge in [-0.1, -0.05) is 55.7 Å². The highest BCUT2D eigenvalue weighted by atomic mass is 19.1. The van der Waals surface area contributed by atoms with Crippen LogP contribution in [0.4, 0.5) is 8.78 Å². The van der Waals surface area contributed by atoms with Gasteiger partial charge in [0.2, 0.25) is 0 Å². The Morgan fingerprint density at radius 3 is 0.980 bits per heavy atom. The van der Waals surface area contributed by atoms with Crippen molar-refractivity contribution in [1.29, 1.82) is 0 Å². The normalized spacial score (nSPS) is 7.49. The molecule has 0 saturated heterocycles. The number of fused-ring (bicyclic) bond motifs is 3. The molecule has 4 aromatic heterocycles. The standard InChI is InChI=1S/C41H4.C39H4.C24H20FN3O4.C14H16FNO2.C10H8N2O4.CH4/c1-3-5-7-9-11-13-15-17-19-21-23-25-27-29-31-33-35-37-39-41-40-38-36-34-32-30-28-26-24-22-20-18-16-14-12-10-8-6-4-2;1-3-5-7-9-11-13-15-17-19-21-23-25-27-29-31-33-35-37-39-38-36-34-32-30-28-26-24-22-20-18-16-14-12-10-8-6-4-2;1-15-26-14-22(32-15)18-7-8-20-24(30)27(9-10-28(20)23(18)29)11-12-31-21-4-2-3-16-5-6-17(25)13-19(16)21;15-12-5-4-11-2-1-3-14(13(11)10-12)18-9-7-16-6-8-17;1-5-11-4-8(16-5)6-2-3-7(10(14)15)12-9(6)13;/h1H,2H3;1H,2H3;2-8,13-14H,9-12H2,1H3;1-5,10,16-17H,6-9H2;2-4H,1H3,(H,12,13)(H,14,15);1H4. The Bertz CT molecular complexity index is 9480. The number of nitrogens with one attached hydrogen (secondary N) is 2. The van der Waals surface area contributed by atoms with Crippen molar-refractivity contribution in [2.45, 2.75) is 41.7 Å². The number of hydrogen-bond donors (Lipinski definition) is 4. The number of terminal acetylenes is 2. The number of nitrogens with zero attached hydrogens (tertiary/aromatic N) is 4. The van der Waals surface area contributed by atoms with Crippen LogP contribution in [0.3, 0.4) is 0 Å². The topological polar surface area (TPSA) is 215 Å². The van der Waals surface area contributed by atoms with Gasteiger partial charge in [-0.3, -0.25) is 14.4 Å². The number of carbonyl (C=O) groups is 2. The number of carbonyl (C=O) groups excluding carboxylic acids is 1. The summed E-state index contributed by atoms with van der Waals surface area (Å²) in [4.78, 5) is 59.7. The van der Waals surface area contributed by atoms with E-state index < -0.39 is 11.5 Å². The van der Waals surface area contributed by atoms with E-state index in [1.807, 2.05) is 30.3 Å². The third kappa shape index (κ3) is 52.2. The number of aromatic carboxylic acids is 1. The second-order valence-electron chi connectivity index (χ2n) is 24.5. The zero-order chi connectivity index (χ0) is 104. The first-order chi connectivity index (χ1) is 71.7. The minimum absolute atomic E-state index is 0. The number of aromatic amines is 1. The molecule has 4 aromatic carbocycles. The number of amides is 1. The van der Waals surface area contributed by atoms with Gasteiger partial charge >= 0.3 is 5.97 Å². The highest BCUT2D eigenvalue weighted by Gasteiger charge is 2.27. The van der Waals surface area contributed by atoms with Crippen molar-refractivity contribution < 1.29 is 46.9 Å². The lowest BCUT2D eigenvalue weighted by atomic mass is 10.1. The van der Waals surface area contributed by atoms with Crippen LogP contribution < -0.4 is 25.9 Å². The highest BCUT2D eigenvalue weighted by molar-refractivity contribution is 5.94. The maximum atomic E-state index is 13.6. The number of halogens is 2. The molecule has 0 fully saturated rings. The molecule has 1 aliphatic heterocycles. The number of benzene rings is 4. The minimum atomic E-state index is -1.18. The average molecular weight is 1890 g/mol. The largest absolute Gasteiger partial charge is 0.492 e. The lowest BCUT2D eigenvalue weighted by molar-refractivity contribution is 0.0670. The molecule has 0 unspecified atom stereocenters. The smallest absolute Gasteiger partial charge is 0.352 e. The number of ether oxygens (including phenoxy) is 2. The van der Waals surface area contributed by atoms with Gasteiger partial charge in [-0.15, -0.1) is 12.8 Å². The van der Waals surface area contributed by atoms with Crippen molar-refractivity contribution in [2.75, 3.05) is 46.0 Å². The predicted molar refractivity (Wildman–Crippen MR) is 563 cm³/mol. The number of aliphatic hydroxyl groups is 1. The molecular formula is C129H56F2N6O10. The molecule has 9 rings (SSSR count). The third-order valence-electron chi connectivity index (χ3n) is 15.0. The molecule has 16 nitrogen and oxygen atoms in total. The Kier molecular flexibility index (Phi) is 59.3. The molecule has 0 spiro atoms. The summed E-state index contributed by atoms with van der Waals surface area (Å²) in [5.74, 6) is 190. The monoisotopic (exact) mass is 1890 g/mol. The number of aliphatic hydroxyl groups excluding tert-OH is 1. The van der Waals surface area contributed by atoms with Crippen LogP contribution in [-0.4, -0.2) is 92.5 Å². The summed E-state index contributed by atoms with van der Waals surface area (Å²) in [6.07, 6.45) is 12.8. The number of aromatic nitrogens is 4. The first-order valence-corrected chi connectivity index (χ1v) is 40.8. The van der Waals surface area contributed by atoms with Crippen LogP contribution in [0.25, 0.3) is 44.2 Å². The lowest BCUT2D eigenvalue weighted by Gasteiger charge is -2.29. The molecule has 0 aliphatic carbocycles. The number of H-pyrrole nitrogens is 1. The van der Waals surface area contributed by atoms with Gasteiger partial charge in [-0.25, -0.2) is 23.5 Å². The molecule has 0 atom stereocenters. The molecule has 4 N–H and O–H groups in total. The lowest BCUT2D eigenvalue weighted by Crippen LogP contribution is -2.46. The quantitative estimate of drug-likeness (QED) is 0.0629. The molecule has 1 aliphatic rings. The van der Waals surface area contributed by atoms with Crippen LogP contribution in [0.1, 0.15) is 54.0 Å². The second kappa shape index (κ2) is 76.3. The number of oxazole rings is 2. The van der Waals surface area contributed by atoms with E-state index >= 15 is 0 Å². The van der Waals surface area contributed by atoms with Crippen LogP contribution in [0.2, 0.25) is 0 Å². The number of rotatable bonds is 13. The maximum Gasteiger partial charge on any atom is 0.352 e. The van der Waals surface area contributed by atoms with E-state index in [0.717, 1.165) is 16.2 Å². The van der Waals surface area contributed by atoms with Gasteiger partial charge in [-0.05, 0) is 275 Å². The summed E-state index contributed by atoms with van der Waals surface area (Å²) in [5, 5.41) is 23.6. The SMILES string of the molecule is C.C#CC#CC#CC#CC#CC#CC#CC#CC#CC#CC#CC#CC#CC#CC#CC#CC#CC#CC#CC.C#CC#CC#CC#CC#CC#CC#CC#CC#CC#CC#CC#CC#CC#CC#CC#CC#CC#CC#CC#CC.Cc1ncc(-c2ccc(C(=O)O)[nH]c2=O)o1.Cc1ncc(-c2ccc3n(c2=O)CCN(CCOc2cccc4ccc(F)cc24)C3=O)o1.OCCNCCOc1cccc2ccc(F)cc12. The Balaban J connectivity index is 0.000000396. The van der Waals surface area contributed by atoms with E-state index in [9.17, 15) is 28.0 Å². The first kappa shape index (κ1) is 114. The second-order valence-corrected chi connectivity index (χ2v) is 24.5. The molecule has 0 saturated carbocycles. The van der Waals surface area contributed by atoms with Crippen molar-refractivity contribution in [3.8, 4) is 497 Å². The molecule has 1 amide bonds. The molecule has 147 heavy (non-hydrogen) atoms. The summed E-state index contributed by atoms with van der Waals surface area (Å²) in [6.45, 7) is 9.89. The fourth-order valence-electron chi connectivity index (χ4n) is 9.35. The van der Waals surface area contributed by atoms with Crippen molar-refractivity contribution in [1.82, 2.24) is 29.7 Å². The number of aryl methyl sites for hydroxylation is 2. The summed E-state index contributed by atoms with van der Waals surface area (Å²) in [6, 6.07) is 26.3. The van der Waals surface area contributed by atoms with E-state index in [-0.39, 0.29) is 55.0 Å². The molecule has 0 bridgehead atoms. The van der Waals surface area contributed by atoms with Crippen molar-refractivity contribution in [3.63, 3.8) is 0 Å². The summed E-state index contributed by atoms with van der Waals surface area (Å²) in [5.41, 5.74) is 0.00269. The number of pyridine rings is 2. The van der Waals surface area contributed by atoms with Gasteiger partial charge in [0.05, 0.1) is 36.7 Å². The van der Waals surface area contributed by atoms with E-state index in [1.165, 1.54) is 53.4 Å². The Morgan fingerprint density at radius 2 is 0.694 bits per heavy atom. The summed E-state index contributed by atoms with van der Waals surface area (Å²) < 4.78 is 50.4. The Morgan fingerprint density at radius 1 is 0.395 bits per heavy atom. The molecule has 0 radical (unpaired) electrons. The van der Waals surface area contributed by atoms with Gasteiger partial charge < -0.3 is 48.3 Å². The third-order valence-corrected chi connectivity index (χ3v) is 15.0. The Labute approximate surface area is 854 Å². The van der Waals surface area contributed by atoms with Gasteiger partial charge in [0.15, 0.2) is 23.3 Å². The predicted octanol–water partition coefficient (Wildman–Crippen LogP) is 8.66. The van der Waals surface area contributed by atoms with Crippen LogP contribution >= 0.6 is 0 Å². The van der Waals surface area contributed by atoms with E-state index in [2.05, 4.69) is 470 Å². The van der Waals surface area contributed by atoms with E-state index in [0.29, 0.717) is 90.8 Å². The molecule has 5 heterocycles. The number of hydrogen-bond acceptors (Lipinski definition) is 12. The van der Waals surface area contributed by atoms with Crippen LogP contribution in [0.5, 0.6) is 11.5 Å². The van der Waals surface area contributed by atoms with Crippen molar-refractivity contribution >= 4 is 33.4 Å². The molecule has 676 valence electrons. The molecule has 8 aromatic rings. The van der Waals surface area contributed by atoms with Gasteiger partial charge in [0.1, 0.15) is 47.7 Å². The average Bonchev–Trinajstić information content (AvgIpc) is 1.37. The number of carboxylic acid groups (broad SMARTS) is 1. The van der Waals surface area contributed by atoms with Crippen LogP contribution in [-0.2, 0) is 6.54 Å². The molecular weight excluding hydrogens is 1830 g/mol. The van der Waals surface area contributed by atoms with E-state index in [4.69, 9.17) is 41.4 Å². The van der Waals surface area contributed by atoms with Crippen molar-refractivity contribution in [3.05, 3.63) is 165 Å². The van der Waals surface area contributed by atoms with Crippen LogP contribution in [0.15, 0.2) is 128 Å². The zero-order valence-corrected chi connectivity index (χ0v) is 76.9. The summed E-state index contributed by atoms with van der Waals surface area (Å²) >= 11 is 0. The van der Waals surface area contributed by atoms with Gasteiger partial charge in [0.25, 0.3) is 17.0 Å². The van der Waals surface area contributed by atoms with Gasteiger partial charge in [-0.2, -0.15) is 0 Å². The summed E-state index contributed by atoms with van der Waals surface area (Å²) in [7, 11) is 0. The first-order valence-electron chi connectivity index (χ1n) is 40.8.